The zero-order valence-corrected chi connectivity index (χ0v) is 18.1. The number of rotatable bonds is 6. The van der Waals surface area contributed by atoms with Crippen LogP contribution in [0.3, 0.4) is 0 Å². The first kappa shape index (κ1) is 20.5. The third-order valence-electron chi connectivity index (χ3n) is 4.72. The van der Waals surface area contributed by atoms with E-state index in [1.807, 2.05) is 28.3 Å². The second-order valence-corrected chi connectivity index (χ2v) is 8.34. The first-order valence-corrected chi connectivity index (χ1v) is 11.3. The first-order chi connectivity index (χ1) is 14.6. The van der Waals surface area contributed by atoms with E-state index in [9.17, 15) is 9.59 Å². The van der Waals surface area contributed by atoms with E-state index in [-0.39, 0.29) is 12.3 Å². The Kier molecular flexibility index (Phi) is 6.41. The Labute approximate surface area is 182 Å². The minimum Gasteiger partial charge on any atom is -0.465 e. The molecule has 3 heterocycles. The van der Waals surface area contributed by atoms with Crippen LogP contribution in [0.25, 0.3) is 10.6 Å². The molecule has 1 saturated heterocycles. The molecule has 156 valence electrons. The highest BCUT2D eigenvalue weighted by Gasteiger charge is 2.19. The Morgan fingerprint density at radius 1 is 1.23 bits per heavy atom. The molecule has 30 heavy (non-hydrogen) atoms. The van der Waals surface area contributed by atoms with Gasteiger partial charge in [-0.1, -0.05) is 0 Å². The molecule has 0 spiro atoms. The van der Waals surface area contributed by atoms with Gasteiger partial charge in [-0.15, -0.1) is 11.3 Å². The fourth-order valence-corrected chi connectivity index (χ4v) is 4.74. The summed E-state index contributed by atoms with van der Waals surface area (Å²) >= 11 is 3.12. The van der Waals surface area contributed by atoms with Crippen molar-refractivity contribution in [3.8, 4) is 10.6 Å². The van der Waals surface area contributed by atoms with E-state index in [0.717, 1.165) is 29.3 Å². The van der Waals surface area contributed by atoms with Crippen LogP contribution in [0.1, 0.15) is 16.1 Å². The number of amides is 1. The summed E-state index contributed by atoms with van der Waals surface area (Å²) in [4.78, 5) is 31.6. The van der Waals surface area contributed by atoms with Gasteiger partial charge >= 0.3 is 5.97 Å². The van der Waals surface area contributed by atoms with Gasteiger partial charge in [-0.25, -0.2) is 9.78 Å². The number of benzene rings is 1. The fourth-order valence-electron chi connectivity index (χ4n) is 3.20. The van der Waals surface area contributed by atoms with Gasteiger partial charge in [0.25, 0.3) is 0 Å². The molecular weight excluding hydrogens is 422 g/mol. The van der Waals surface area contributed by atoms with Gasteiger partial charge in [-0.3, -0.25) is 4.79 Å². The van der Waals surface area contributed by atoms with E-state index in [4.69, 9.17) is 9.47 Å². The molecule has 0 unspecified atom stereocenters. The lowest BCUT2D eigenvalue weighted by Gasteiger charge is -2.29. The molecule has 9 heteroatoms. The maximum absolute atomic E-state index is 12.6. The minimum absolute atomic E-state index is 0.131. The second kappa shape index (κ2) is 9.38. The number of aromatic nitrogens is 1. The summed E-state index contributed by atoms with van der Waals surface area (Å²) < 4.78 is 10.3. The molecule has 1 N–H and O–H groups in total. The number of nitrogens with one attached hydrogen (secondary N) is 1. The number of thiophene rings is 1. The van der Waals surface area contributed by atoms with Crippen LogP contribution in [0.5, 0.6) is 0 Å². The summed E-state index contributed by atoms with van der Waals surface area (Å²) in [5.41, 5.74) is 3.41. The summed E-state index contributed by atoms with van der Waals surface area (Å²) in [6, 6.07) is 7.40. The number of esters is 1. The molecule has 2 aromatic heterocycles. The number of hydrogen-bond donors (Lipinski definition) is 1. The molecule has 1 fully saturated rings. The molecule has 0 bridgehead atoms. The smallest absolute Gasteiger partial charge is 0.340 e. The topological polar surface area (TPSA) is 80.8 Å². The van der Waals surface area contributed by atoms with Gasteiger partial charge in [0.2, 0.25) is 5.91 Å². The summed E-state index contributed by atoms with van der Waals surface area (Å²) in [5, 5.41) is 9.64. The van der Waals surface area contributed by atoms with Crippen molar-refractivity contribution >= 4 is 45.9 Å². The Hall–Kier alpha value is -2.75. The zero-order valence-electron chi connectivity index (χ0n) is 16.4. The largest absolute Gasteiger partial charge is 0.465 e. The Balaban J connectivity index is 1.48. The third kappa shape index (κ3) is 4.69. The van der Waals surface area contributed by atoms with E-state index in [1.54, 1.807) is 23.5 Å². The van der Waals surface area contributed by atoms with Crippen molar-refractivity contribution in [2.24, 2.45) is 0 Å². The lowest BCUT2D eigenvalue weighted by molar-refractivity contribution is -0.115. The van der Waals surface area contributed by atoms with Gasteiger partial charge in [-0.2, -0.15) is 11.3 Å². The van der Waals surface area contributed by atoms with E-state index >= 15 is 0 Å². The Morgan fingerprint density at radius 3 is 2.80 bits per heavy atom. The number of methoxy groups -OCH3 is 1. The van der Waals surface area contributed by atoms with Crippen molar-refractivity contribution in [1.29, 1.82) is 0 Å². The van der Waals surface area contributed by atoms with E-state index in [0.29, 0.717) is 30.2 Å². The van der Waals surface area contributed by atoms with Crippen molar-refractivity contribution in [3.63, 3.8) is 0 Å². The normalized spacial score (nSPS) is 13.8. The van der Waals surface area contributed by atoms with Crippen LogP contribution in [0.4, 0.5) is 11.4 Å². The van der Waals surface area contributed by atoms with Crippen LogP contribution in [0, 0.1) is 0 Å². The highest BCUT2D eigenvalue weighted by molar-refractivity contribution is 7.14. The van der Waals surface area contributed by atoms with Gasteiger partial charge < -0.3 is 19.7 Å². The van der Waals surface area contributed by atoms with Crippen LogP contribution in [-0.2, 0) is 20.7 Å². The van der Waals surface area contributed by atoms with E-state index in [1.165, 1.54) is 18.4 Å². The molecule has 0 atom stereocenters. The number of hydrogen-bond acceptors (Lipinski definition) is 8. The monoisotopic (exact) mass is 443 g/mol. The van der Waals surface area contributed by atoms with Crippen molar-refractivity contribution in [3.05, 3.63) is 51.7 Å². The predicted molar refractivity (Wildman–Crippen MR) is 119 cm³/mol. The lowest BCUT2D eigenvalue weighted by atomic mass is 10.1. The molecule has 4 rings (SSSR count). The summed E-state index contributed by atoms with van der Waals surface area (Å²) in [6.45, 7) is 2.80. The summed E-state index contributed by atoms with van der Waals surface area (Å²) in [6.07, 6.45) is 0.131. The molecule has 1 aliphatic heterocycles. The number of carbonyl (C=O) groups excluding carboxylic acids is 2. The Morgan fingerprint density at radius 2 is 2.07 bits per heavy atom. The summed E-state index contributed by atoms with van der Waals surface area (Å²) in [5.74, 6) is -0.727. The Bertz CT molecular complexity index is 1030. The maximum Gasteiger partial charge on any atom is 0.340 e. The van der Waals surface area contributed by atoms with Gasteiger partial charge in [-0.05, 0) is 29.6 Å². The van der Waals surface area contributed by atoms with Crippen molar-refractivity contribution in [1.82, 2.24) is 4.98 Å². The van der Waals surface area contributed by atoms with Gasteiger partial charge in [0.1, 0.15) is 5.01 Å². The predicted octanol–water partition coefficient (Wildman–Crippen LogP) is 3.68. The van der Waals surface area contributed by atoms with Crippen molar-refractivity contribution in [2.75, 3.05) is 43.6 Å². The number of ether oxygens (including phenoxy) is 2. The minimum atomic E-state index is -0.492. The van der Waals surface area contributed by atoms with Crippen LogP contribution in [-0.4, -0.2) is 50.3 Å². The average Bonchev–Trinajstić information content (AvgIpc) is 3.46. The number of thiazole rings is 1. The van der Waals surface area contributed by atoms with Crippen molar-refractivity contribution < 1.29 is 19.1 Å². The van der Waals surface area contributed by atoms with Gasteiger partial charge in [0.15, 0.2) is 0 Å². The molecular formula is C21H21N3O4S2. The van der Waals surface area contributed by atoms with Crippen LogP contribution < -0.4 is 10.2 Å². The molecule has 0 aliphatic carbocycles. The zero-order chi connectivity index (χ0) is 20.9. The van der Waals surface area contributed by atoms with Crippen molar-refractivity contribution in [2.45, 2.75) is 6.42 Å². The number of nitrogens with zero attached hydrogens (tertiary/aromatic N) is 2. The lowest BCUT2D eigenvalue weighted by Crippen LogP contribution is -2.36. The van der Waals surface area contributed by atoms with Gasteiger partial charge in [0.05, 0.1) is 43.7 Å². The number of anilines is 2. The SMILES string of the molecule is COC(=O)c1cc(N2CCOCC2)ccc1NC(=O)Cc1csc(-c2ccsc2)n1. The molecule has 3 aromatic rings. The molecule has 1 amide bonds. The van der Waals surface area contributed by atoms with Gasteiger partial charge in [0, 0.05) is 35.1 Å². The molecule has 1 aromatic carbocycles. The van der Waals surface area contributed by atoms with E-state index in [2.05, 4.69) is 15.2 Å². The standard InChI is InChI=1S/C21H21N3O4S2/c1-27-21(26)17-11-16(24-5-7-28-8-6-24)2-3-18(17)23-19(25)10-15-13-30-20(22-15)14-4-9-29-12-14/h2-4,9,11-13H,5-8,10H2,1H3,(H,23,25). The number of carbonyl (C=O) groups is 2. The number of morpholine rings is 1. The van der Waals surface area contributed by atoms with E-state index < -0.39 is 5.97 Å². The maximum atomic E-state index is 12.6. The molecule has 0 saturated carbocycles. The van der Waals surface area contributed by atoms with Crippen LogP contribution in [0.2, 0.25) is 0 Å². The molecule has 0 radical (unpaired) electrons. The average molecular weight is 444 g/mol. The quantitative estimate of drug-likeness (QED) is 0.586. The van der Waals surface area contributed by atoms with Crippen LogP contribution >= 0.6 is 22.7 Å². The summed E-state index contributed by atoms with van der Waals surface area (Å²) in [7, 11) is 1.33. The highest BCUT2D eigenvalue weighted by Crippen LogP contribution is 2.27. The van der Waals surface area contributed by atoms with Crippen LogP contribution in [0.15, 0.2) is 40.4 Å². The first-order valence-electron chi connectivity index (χ1n) is 9.46. The molecule has 7 nitrogen and oxygen atoms in total. The highest BCUT2D eigenvalue weighted by atomic mass is 32.1. The third-order valence-corrected chi connectivity index (χ3v) is 6.34. The molecule has 1 aliphatic rings. The fraction of sp³-hybridized carbons (Fsp3) is 0.286. The second-order valence-electron chi connectivity index (χ2n) is 6.70.